The standard InChI is InChI=1S/C13H11FN4O/c14-9-1-3-11(4-2-9)19-8-12-16-13-7-10(15)5-6-18(13)17-12/h1-7H,8,15H2. The van der Waals surface area contributed by atoms with Crippen molar-refractivity contribution in [1.82, 2.24) is 14.6 Å². The lowest BCUT2D eigenvalue weighted by Crippen LogP contribution is -1.98. The number of hydrogen-bond acceptors (Lipinski definition) is 4. The number of nitrogens with two attached hydrogens (primary N) is 1. The van der Waals surface area contributed by atoms with E-state index >= 15 is 0 Å². The zero-order valence-corrected chi connectivity index (χ0v) is 9.95. The number of anilines is 1. The summed E-state index contributed by atoms with van der Waals surface area (Å²) in [4.78, 5) is 4.28. The minimum absolute atomic E-state index is 0.215. The lowest BCUT2D eigenvalue weighted by Gasteiger charge is -2.02. The molecule has 3 aromatic rings. The molecule has 3 rings (SSSR count). The summed E-state index contributed by atoms with van der Waals surface area (Å²) in [6.07, 6.45) is 1.74. The summed E-state index contributed by atoms with van der Waals surface area (Å²) in [5, 5.41) is 4.24. The van der Waals surface area contributed by atoms with Crippen LogP contribution in [-0.2, 0) is 6.61 Å². The number of aromatic nitrogens is 3. The molecule has 6 heteroatoms. The summed E-state index contributed by atoms with van der Waals surface area (Å²) in [7, 11) is 0. The third-order valence-corrected chi connectivity index (χ3v) is 2.59. The van der Waals surface area contributed by atoms with Crippen molar-refractivity contribution in [3.63, 3.8) is 0 Å². The minimum atomic E-state index is -0.298. The molecule has 0 fully saturated rings. The first kappa shape index (κ1) is 11.5. The highest BCUT2D eigenvalue weighted by Gasteiger charge is 2.04. The van der Waals surface area contributed by atoms with E-state index < -0.39 is 0 Å². The van der Waals surface area contributed by atoms with E-state index in [2.05, 4.69) is 10.1 Å². The van der Waals surface area contributed by atoms with Gasteiger partial charge in [-0.2, -0.15) is 0 Å². The van der Waals surface area contributed by atoms with Crippen LogP contribution in [0.5, 0.6) is 5.75 Å². The predicted octanol–water partition coefficient (Wildman–Crippen LogP) is 2.03. The van der Waals surface area contributed by atoms with E-state index in [0.717, 1.165) is 0 Å². The highest BCUT2D eigenvalue weighted by Crippen LogP contribution is 2.13. The van der Waals surface area contributed by atoms with E-state index in [1.807, 2.05) is 0 Å². The first-order valence-corrected chi connectivity index (χ1v) is 5.70. The van der Waals surface area contributed by atoms with Crippen LogP contribution in [0.2, 0.25) is 0 Å². The Balaban J connectivity index is 1.76. The van der Waals surface area contributed by atoms with Gasteiger partial charge in [-0.1, -0.05) is 0 Å². The molecule has 2 aromatic heterocycles. The van der Waals surface area contributed by atoms with Gasteiger partial charge in [0.05, 0.1) is 0 Å². The quantitative estimate of drug-likeness (QED) is 0.780. The molecule has 0 amide bonds. The normalized spacial score (nSPS) is 10.8. The number of halogens is 1. The Bertz CT molecular complexity index is 708. The molecule has 0 spiro atoms. The Labute approximate surface area is 108 Å². The van der Waals surface area contributed by atoms with Gasteiger partial charge in [0.1, 0.15) is 18.2 Å². The molecule has 0 atom stereocenters. The summed E-state index contributed by atoms with van der Waals surface area (Å²) in [5.41, 5.74) is 6.96. The van der Waals surface area contributed by atoms with Crippen LogP contribution in [0.25, 0.3) is 5.65 Å². The van der Waals surface area contributed by atoms with Crippen molar-refractivity contribution in [1.29, 1.82) is 0 Å². The second-order valence-electron chi connectivity index (χ2n) is 4.03. The summed E-state index contributed by atoms with van der Waals surface area (Å²) >= 11 is 0. The van der Waals surface area contributed by atoms with E-state index in [9.17, 15) is 4.39 Å². The average molecular weight is 258 g/mol. The molecule has 0 aliphatic rings. The number of pyridine rings is 1. The van der Waals surface area contributed by atoms with E-state index in [1.54, 1.807) is 35.0 Å². The number of nitrogens with zero attached hydrogens (tertiary/aromatic N) is 3. The first-order valence-electron chi connectivity index (χ1n) is 5.70. The predicted molar refractivity (Wildman–Crippen MR) is 68.1 cm³/mol. The molecule has 19 heavy (non-hydrogen) atoms. The molecule has 5 nitrogen and oxygen atoms in total. The molecule has 0 unspecified atom stereocenters. The van der Waals surface area contributed by atoms with E-state index in [-0.39, 0.29) is 12.4 Å². The lowest BCUT2D eigenvalue weighted by atomic mass is 10.3. The van der Waals surface area contributed by atoms with Crippen molar-refractivity contribution in [3.05, 3.63) is 54.2 Å². The molecule has 2 N–H and O–H groups in total. The third kappa shape index (κ3) is 2.47. The van der Waals surface area contributed by atoms with E-state index in [0.29, 0.717) is 22.9 Å². The average Bonchev–Trinajstić information content (AvgIpc) is 2.80. The maximum absolute atomic E-state index is 12.7. The van der Waals surface area contributed by atoms with Crippen LogP contribution in [0.15, 0.2) is 42.6 Å². The number of ether oxygens (including phenoxy) is 1. The van der Waals surface area contributed by atoms with Gasteiger partial charge < -0.3 is 10.5 Å². The van der Waals surface area contributed by atoms with Crippen molar-refractivity contribution < 1.29 is 9.13 Å². The van der Waals surface area contributed by atoms with Gasteiger partial charge in [-0.05, 0) is 30.3 Å². The second kappa shape index (κ2) is 4.56. The van der Waals surface area contributed by atoms with Gasteiger partial charge in [-0.15, -0.1) is 5.10 Å². The van der Waals surface area contributed by atoms with Crippen LogP contribution >= 0.6 is 0 Å². The zero-order valence-electron chi connectivity index (χ0n) is 9.95. The Morgan fingerprint density at radius 3 is 2.79 bits per heavy atom. The maximum atomic E-state index is 12.7. The van der Waals surface area contributed by atoms with Gasteiger partial charge in [-0.25, -0.2) is 13.9 Å². The highest BCUT2D eigenvalue weighted by atomic mass is 19.1. The zero-order chi connectivity index (χ0) is 13.2. The van der Waals surface area contributed by atoms with Gasteiger partial charge in [0, 0.05) is 18.0 Å². The Morgan fingerprint density at radius 2 is 2.00 bits per heavy atom. The smallest absolute Gasteiger partial charge is 0.189 e. The molecule has 0 radical (unpaired) electrons. The van der Waals surface area contributed by atoms with Crippen molar-refractivity contribution in [2.24, 2.45) is 0 Å². The molecule has 2 heterocycles. The maximum Gasteiger partial charge on any atom is 0.189 e. The summed E-state index contributed by atoms with van der Waals surface area (Å²) in [6.45, 7) is 0.215. The van der Waals surface area contributed by atoms with Gasteiger partial charge >= 0.3 is 0 Å². The van der Waals surface area contributed by atoms with Gasteiger partial charge in [0.2, 0.25) is 0 Å². The lowest BCUT2D eigenvalue weighted by molar-refractivity contribution is 0.295. The molecule has 0 aliphatic heterocycles. The van der Waals surface area contributed by atoms with Gasteiger partial charge in [-0.3, -0.25) is 0 Å². The first-order chi connectivity index (χ1) is 9.20. The Hall–Kier alpha value is -2.63. The number of benzene rings is 1. The topological polar surface area (TPSA) is 65.4 Å². The number of rotatable bonds is 3. The van der Waals surface area contributed by atoms with Crippen LogP contribution in [-0.4, -0.2) is 14.6 Å². The number of fused-ring (bicyclic) bond motifs is 1. The molecule has 1 aromatic carbocycles. The monoisotopic (exact) mass is 258 g/mol. The van der Waals surface area contributed by atoms with E-state index in [4.69, 9.17) is 10.5 Å². The molecule has 0 saturated carbocycles. The summed E-state index contributed by atoms with van der Waals surface area (Å²) < 4.78 is 19.8. The third-order valence-electron chi connectivity index (χ3n) is 2.59. The van der Waals surface area contributed by atoms with Crippen LogP contribution in [0.3, 0.4) is 0 Å². The fourth-order valence-corrected chi connectivity index (χ4v) is 1.68. The van der Waals surface area contributed by atoms with Crippen molar-refractivity contribution >= 4 is 11.3 Å². The molecule has 0 aliphatic carbocycles. The van der Waals surface area contributed by atoms with Crippen molar-refractivity contribution in [2.75, 3.05) is 5.73 Å². The number of nitrogen functional groups attached to an aromatic ring is 1. The van der Waals surface area contributed by atoms with Crippen molar-refractivity contribution in [2.45, 2.75) is 6.61 Å². The molecule has 0 saturated heterocycles. The van der Waals surface area contributed by atoms with Crippen LogP contribution < -0.4 is 10.5 Å². The highest BCUT2D eigenvalue weighted by molar-refractivity contribution is 5.50. The van der Waals surface area contributed by atoms with Gasteiger partial charge in [0.25, 0.3) is 0 Å². The van der Waals surface area contributed by atoms with Crippen LogP contribution in [0.1, 0.15) is 5.82 Å². The van der Waals surface area contributed by atoms with Crippen molar-refractivity contribution in [3.8, 4) is 5.75 Å². The molecule has 96 valence electrons. The Kier molecular flexibility index (Phi) is 2.75. The van der Waals surface area contributed by atoms with Crippen LogP contribution in [0.4, 0.5) is 10.1 Å². The number of hydrogen-bond donors (Lipinski definition) is 1. The molecular weight excluding hydrogens is 247 g/mol. The molecule has 0 bridgehead atoms. The fourth-order valence-electron chi connectivity index (χ4n) is 1.68. The second-order valence-corrected chi connectivity index (χ2v) is 4.03. The fraction of sp³-hybridized carbons (Fsp3) is 0.0769. The Morgan fingerprint density at radius 1 is 1.21 bits per heavy atom. The van der Waals surface area contributed by atoms with E-state index in [1.165, 1.54) is 12.1 Å². The van der Waals surface area contributed by atoms with Gasteiger partial charge in [0.15, 0.2) is 11.5 Å². The largest absolute Gasteiger partial charge is 0.486 e. The summed E-state index contributed by atoms with van der Waals surface area (Å²) in [5.74, 6) is 0.809. The SMILES string of the molecule is Nc1ccn2nc(COc3ccc(F)cc3)nc2c1. The molecular formula is C13H11FN4O. The van der Waals surface area contributed by atoms with Crippen LogP contribution in [0, 0.1) is 5.82 Å². The summed E-state index contributed by atoms with van der Waals surface area (Å²) in [6, 6.07) is 9.27. The minimum Gasteiger partial charge on any atom is -0.486 e.